The van der Waals surface area contributed by atoms with Crippen molar-refractivity contribution >= 4 is 0 Å². The fourth-order valence-electron chi connectivity index (χ4n) is 5.24. The fraction of sp³-hybridized carbons (Fsp3) is 0.538. The molecular formula is C26H40N2O2+2. The van der Waals surface area contributed by atoms with E-state index in [2.05, 4.69) is 68.7 Å². The van der Waals surface area contributed by atoms with Crippen molar-refractivity contribution in [2.75, 3.05) is 34.4 Å². The number of hydrogen-bond donors (Lipinski definition) is 2. The van der Waals surface area contributed by atoms with E-state index in [1.807, 2.05) is 6.07 Å². The summed E-state index contributed by atoms with van der Waals surface area (Å²) in [5, 5.41) is 2.45. The first-order chi connectivity index (χ1) is 14.5. The first-order valence-electron chi connectivity index (χ1n) is 11.4. The van der Waals surface area contributed by atoms with Gasteiger partial charge in [-0.05, 0) is 42.5 Å². The summed E-state index contributed by atoms with van der Waals surface area (Å²) >= 11 is 0. The van der Waals surface area contributed by atoms with Gasteiger partial charge in [-0.2, -0.15) is 0 Å². The lowest BCUT2D eigenvalue weighted by molar-refractivity contribution is -0.916. The van der Waals surface area contributed by atoms with Crippen molar-refractivity contribution in [1.82, 2.24) is 0 Å². The number of ether oxygens (including phenoxy) is 2. The SMILES string of the molecule is COc1ccc(C[NH2+]CC[C@@]2(Cc3ccccc3)C[C@@H](C)[NH+](C)C[C@H]2C)cc1OC. The van der Waals surface area contributed by atoms with Gasteiger partial charge < -0.3 is 19.7 Å². The molecule has 1 aliphatic heterocycles. The van der Waals surface area contributed by atoms with E-state index in [-0.39, 0.29) is 0 Å². The summed E-state index contributed by atoms with van der Waals surface area (Å²) in [5.74, 6) is 2.33. The maximum atomic E-state index is 5.46. The summed E-state index contributed by atoms with van der Waals surface area (Å²) in [7, 11) is 5.74. The van der Waals surface area contributed by atoms with Crippen LogP contribution in [0, 0.1) is 11.3 Å². The number of piperidine rings is 1. The minimum absolute atomic E-state index is 0.383. The van der Waals surface area contributed by atoms with Gasteiger partial charge in [0.15, 0.2) is 11.5 Å². The van der Waals surface area contributed by atoms with Crippen LogP contribution in [0.2, 0.25) is 0 Å². The van der Waals surface area contributed by atoms with Gasteiger partial charge in [-0.1, -0.05) is 37.3 Å². The van der Waals surface area contributed by atoms with Gasteiger partial charge in [0.2, 0.25) is 0 Å². The van der Waals surface area contributed by atoms with Crippen LogP contribution in [0.15, 0.2) is 48.5 Å². The van der Waals surface area contributed by atoms with Crippen molar-refractivity contribution in [3.63, 3.8) is 0 Å². The molecule has 1 aliphatic rings. The minimum atomic E-state index is 0.383. The minimum Gasteiger partial charge on any atom is -0.493 e. The molecule has 2 aromatic carbocycles. The molecule has 0 bridgehead atoms. The molecule has 4 heteroatoms. The second-order valence-corrected chi connectivity index (χ2v) is 9.30. The maximum Gasteiger partial charge on any atom is 0.161 e. The average molecular weight is 413 g/mol. The Kier molecular flexibility index (Phi) is 7.79. The summed E-state index contributed by atoms with van der Waals surface area (Å²) in [6.45, 7) is 8.29. The Labute approximate surface area is 182 Å². The van der Waals surface area contributed by atoms with Gasteiger partial charge in [0.05, 0.1) is 40.4 Å². The predicted molar refractivity (Wildman–Crippen MR) is 122 cm³/mol. The van der Waals surface area contributed by atoms with Crippen LogP contribution in [0.5, 0.6) is 11.5 Å². The van der Waals surface area contributed by atoms with E-state index in [0.717, 1.165) is 36.5 Å². The number of hydrogen-bond acceptors (Lipinski definition) is 2. The van der Waals surface area contributed by atoms with E-state index < -0.39 is 0 Å². The Morgan fingerprint density at radius 1 is 1.00 bits per heavy atom. The topological polar surface area (TPSA) is 39.5 Å². The number of nitrogens with one attached hydrogen (secondary N) is 1. The molecule has 2 aromatic rings. The molecule has 0 aromatic heterocycles. The summed E-state index contributed by atoms with van der Waals surface area (Å²) in [5.41, 5.74) is 3.14. The van der Waals surface area contributed by atoms with E-state index in [1.54, 1.807) is 19.1 Å². The lowest BCUT2D eigenvalue weighted by atomic mass is 9.63. The zero-order valence-corrected chi connectivity index (χ0v) is 19.4. The molecule has 0 saturated carbocycles. The summed E-state index contributed by atoms with van der Waals surface area (Å²) in [4.78, 5) is 1.68. The molecule has 0 spiro atoms. The Balaban J connectivity index is 1.65. The lowest BCUT2D eigenvalue weighted by Gasteiger charge is -2.47. The van der Waals surface area contributed by atoms with Gasteiger partial charge in [0, 0.05) is 24.3 Å². The lowest BCUT2D eigenvalue weighted by Crippen LogP contribution is -3.15. The van der Waals surface area contributed by atoms with E-state index in [0.29, 0.717) is 5.41 Å². The molecule has 3 N–H and O–H groups in total. The van der Waals surface area contributed by atoms with Gasteiger partial charge in [0.1, 0.15) is 6.54 Å². The van der Waals surface area contributed by atoms with Gasteiger partial charge in [-0.15, -0.1) is 0 Å². The monoisotopic (exact) mass is 412 g/mol. The highest BCUT2D eigenvalue weighted by Gasteiger charge is 2.44. The van der Waals surface area contributed by atoms with Crippen molar-refractivity contribution in [3.05, 3.63) is 59.7 Å². The normalized spacial score (nSPS) is 26.4. The van der Waals surface area contributed by atoms with Gasteiger partial charge >= 0.3 is 0 Å². The third-order valence-electron chi connectivity index (χ3n) is 7.30. The number of rotatable bonds is 9. The van der Waals surface area contributed by atoms with E-state index in [9.17, 15) is 0 Å². The van der Waals surface area contributed by atoms with Crippen LogP contribution in [0.1, 0.15) is 37.8 Å². The second-order valence-electron chi connectivity index (χ2n) is 9.30. The van der Waals surface area contributed by atoms with E-state index >= 15 is 0 Å². The number of nitrogens with two attached hydrogens (primary N) is 1. The maximum absolute atomic E-state index is 5.46. The Hall–Kier alpha value is -2.04. The molecule has 0 radical (unpaired) electrons. The molecule has 3 rings (SSSR count). The molecule has 1 fully saturated rings. The third kappa shape index (κ3) is 5.35. The number of methoxy groups -OCH3 is 2. The fourth-order valence-corrected chi connectivity index (χ4v) is 5.24. The number of benzene rings is 2. The van der Waals surface area contributed by atoms with Crippen molar-refractivity contribution in [2.24, 2.45) is 11.3 Å². The molecule has 0 amide bonds. The molecule has 4 nitrogen and oxygen atoms in total. The molecule has 1 saturated heterocycles. The van der Waals surface area contributed by atoms with Crippen molar-refractivity contribution < 1.29 is 19.7 Å². The predicted octanol–water partition coefficient (Wildman–Crippen LogP) is 2.33. The van der Waals surface area contributed by atoms with Crippen molar-refractivity contribution in [2.45, 2.75) is 45.7 Å². The quantitative estimate of drug-likeness (QED) is 0.621. The molecular weight excluding hydrogens is 372 g/mol. The Bertz CT molecular complexity index is 795. The zero-order valence-electron chi connectivity index (χ0n) is 19.4. The first kappa shape index (κ1) is 22.6. The molecule has 1 unspecified atom stereocenters. The molecule has 0 aliphatic carbocycles. The zero-order chi connectivity index (χ0) is 21.6. The average Bonchev–Trinajstić information content (AvgIpc) is 2.76. The van der Waals surface area contributed by atoms with Crippen LogP contribution in [0.25, 0.3) is 0 Å². The van der Waals surface area contributed by atoms with Gasteiger partial charge in [-0.3, -0.25) is 0 Å². The second kappa shape index (κ2) is 10.3. The van der Waals surface area contributed by atoms with Crippen LogP contribution >= 0.6 is 0 Å². The summed E-state index contributed by atoms with van der Waals surface area (Å²) in [6.07, 6.45) is 3.75. The van der Waals surface area contributed by atoms with E-state index in [1.165, 1.54) is 36.9 Å². The molecule has 164 valence electrons. The number of likely N-dealkylation sites (tertiary alicyclic amines) is 1. The largest absolute Gasteiger partial charge is 0.493 e. The third-order valence-corrected chi connectivity index (χ3v) is 7.30. The van der Waals surface area contributed by atoms with E-state index in [4.69, 9.17) is 9.47 Å². The van der Waals surface area contributed by atoms with Crippen LogP contribution in [-0.2, 0) is 13.0 Å². The van der Waals surface area contributed by atoms with Crippen LogP contribution in [0.3, 0.4) is 0 Å². The first-order valence-corrected chi connectivity index (χ1v) is 11.4. The highest BCUT2D eigenvalue weighted by atomic mass is 16.5. The van der Waals surface area contributed by atoms with Crippen LogP contribution in [-0.4, -0.2) is 40.4 Å². The Morgan fingerprint density at radius 2 is 1.73 bits per heavy atom. The highest BCUT2D eigenvalue weighted by Crippen LogP contribution is 2.40. The highest BCUT2D eigenvalue weighted by molar-refractivity contribution is 5.42. The molecule has 1 heterocycles. The smallest absolute Gasteiger partial charge is 0.161 e. The van der Waals surface area contributed by atoms with Crippen LogP contribution in [0.4, 0.5) is 0 Å². The van der Waals surface area contributed by atoms with Crippen molar-refractivity contribution in [3.8, 4) is 11.5 Å². The summed E-state index contributed by atoms with van der Waals surface area (Å²) in [6, 6.07) is 18.0. The van der Waals surface area contributed by atoms with Gasteiger partial charge in [-0.25, -0.2) is 0 Å². The standard InChI is InChI=1S/C26H38N2O2/c1-20-19-28(3)21(2)16-26(20,17-22-9-7-6-8-10-22)13-14-27-18-23-11-12-24(29-4)25(15-23)30-5/h6-12,15,20-21,27H,13-14,16-19H2,1-5H3/p+2/t20-,21-,26+/m1/s1. The molecule has 4 atom stereocenters. The summed E-state index contributed by atoms with van der Waals surface area (Å²) < 4.78 is 10.8. The van der Waals surface area contributed by atoms with Crippen LogP contribution < -0.4 is 19.7 Å². The van der Waals surface area contributed by atoms with Gasteiger partial charge in [0.25, 0.3) is 0 Å². The number of quaternary nitrogens is 2. The molecule has 30 heavy (non-hydrogen) atoms. The Morgan fingerprint density at radius 3 is 2.43 bits per heavy atom. The van der Waals surface area contributed by atoms with Crippen molar-refractivity contribution in [1.29, 1.82) is 0 Å².